The predicted molar refractivity (Wildman–Crippen MR) is 47.7 cm³/mol. The first-order chi connectivity index (χ1) is 5.52. The molecule has 0 aromatic rings. The van der Waals surface area contributed by atoms with Crippen LogP contribution >= 0.6 is 0 Å². The lowest BCUT2D eigenvalue weighted by Gasteiger charge is -2.23. The number of esters is 1. The molecule has 0 amide bonds. The van der Waals surface area contributed by atoms with Crippen LogP contribution in [0.1, 0.15) is 34.1 Å². The van der Waals surface area contributed by atoms with E-state index >= 15 is 0 Å². The molecule has 1 rings (SSSR count). The molecule has 0 unspecified atom stereocenters. The van der Waals surface area contributed by atoms with Crippen molar-refractivity contribution in [3.05, 3.63) is 0 Å². The first-order valence-corrected chi connectivity index (χ1v) is 4.72. The summed E-state index contributed by atoms with van der Waals surface area (Å²) < 4.78 is 5.26. The molecule has 1 heterocycles. The maximum atomic E-state index is 11.1. The van der Waals surface area contributed by atoms with Crippen LogP contribution in [0.25, 0.3) is 0 Å². The van der Waals surface area contributed by atoms with Gasteiger partial charge in [0.1, 0.15) is 6.10 Å². The summed E-state index contributed by atoms with van der Waals surface area (Å²) in [6.45, 7) is 8.53. The highest BCUT2D eigenvalue weighted by molar-refractivity contribution is 5.72. The first kappa shape index (κ1) is 9.56. The van der Waals surface area contributed by atoms with Gasteiger partial charge < -0.3 is 4.74 Å². The highest BCUT2D eigenvalue weighted by Gasteiger charge is 2.38. The van der Waals surface area contributed by atoms with Crippen LogP contribution in [-0.2, 0) is 9.53 Å². The Balaban J connectivity index is 2.65. The number of hydrogen-bond acceptors (Lipinski definition) is 2. The number of carbonyl (C=O) groups is 1. The van der Waals surface area contributed by atoms with Gasteiger partial charge >= 0.3 is 5.97 Å². The molecule has 70 valence electrons. The van der Waals surface area contributed by atoms with Crippen LogP contribution in [0.15, 0.2) is 0 Å². The molecule has 0 aliphatic carbocycles. The van der Waals surface area contributed by atoms with Gasteiger partial charge in [0.15, 0.2) is 0 Å². The summed E-state index contributed by atoms with van der Waals surface area (Å²) in [6.07, 6.45) is 0.762. The largest absolute Gasteiger partial charge is 0.462 e. The number of carbonyl (C=O) groups excluding carboxylic acids is 1. The van der Waals surface area contributed by atoms with Crippen LogP contribution in [-0.4, -0.2) is 12.1 Å². The summed E-state index contributed by atoms with van der Waals surface area (Å²) in [4.78, 5) is 11.1. The highest BCUT2D eigenvalue weighted by atomic mass is 16.6. The second-order valence-corrected chi connectivity index (χ2v) is 4.31. The molecule has 1 aliphatic heterocycles. The van der Waals surface area contributed by atoms with Gasteiger partial charge in [0, 0.05) is 5.92 Å². The fraction of sp³-hybridized carbons (Fsp3) is 0.900. The van der Waals surface area contributed by atoms with Crippen molar-refractivity contribution >= 4 is 5.97 Å². The molecule has 0 radical (unpaired) electrons. The van der Waals surface area contributed by atoms with Crippen molar-refractivity contribution in [1.82, 2.24) is 0 Å². The molecule has 0 aromatic heterocycles. The summed E-state index contributed by atoms with van der Waals surface area (Å²) in [5.74, 6) is 1.40. The Morgan fingerprint density at radius 3 is 2.17 bits per heavy atom. The Morgan fingerprint density at radius 1 is 1.25 bits per heavy atom. The van der Waals surface area contributed by atoms with Crippen LogP contribution < -0.4 is 0 Å². The molecular weight excluding hydrogens is 152 g/mol. The van der Waals surface area contributed by atoms with E-state index in [-0.39, 0.29) is 12.1 Å². The number of ether oxygens (including phenoxy) is 1. The quantitative estimate of drug-likeness (QED) is 0.594. The molecule has 2 heteroatoms. The van der Waals surface area contributed by atoms with Gasteiger partial charge in [-0.2, -0.15) is 0 Å². The van der Waals surface area contributed by atoms with Crippen molar-refractivity contribution in [3.63, 3.8) is 0 Å². The van der Waals surface area contributed by atoms with Gasteiger partial charge in [-0.25, -0.2) is 0 Å². The highest BCUT2D eigenvalue weighted by Crippen LogP contribution is 2.32. The average Bonchev–Trinajstić information content (AvgIpc) is 2.31. The zero-order valence-corrected chi connectivity index (χ0v) is 8.33. The number of hydrogen-bond donors (Lipinski definition) is 0. The van der Waals surface area contributed by atoms with Gasteiger partial charge in [0.05, 0.1) is 6.42 Å². The van der Waals surface area contributed by atoms with Crippen molar-refractivity contribution in [2.75, 3.05) is 0 Å². The second-order valence-electron chi connectivity index (χ2n) is 4.31. The van der Waals surface area contributed by atoms with Crippen molar-refractivity contribution < 1.29 is 9.53 Å². The maximum absolute atomic E-state index is 11.1. The van der Waals surface area contributed by atoms with Crippen LogP contribution in [0.3, 0.4) is 0 Å². The lowest BCUT2D eigenvalue weighted by Crippen LogP contribution is -2.25. The molecule has 1 aliphatic rings. The normalized spacial score (nSPS) is 30.0. The van der Waals surface area contributed by atoms with Crippen LogP contribution in [0.2, 0.25) is 0 Å². The molecule has 12 heavy (non-hydrogen) atoms. The smallest absolute Gasteiger partial charge is 0.306 e. The van der Waals surface area contributed by atoms with E-state index in [2.05, 4.69) is 27.7 Å². The summed E-state index contributed by atoms with van der Waals surface area (Å²) in [5, 5.41) is 0. The zero-order valence-electron chi connectivity index (χ0n) is 8.33. The molecule has 1 saturated heterocycles. The molecule has 0 N–H and O–H groups in total. The average molecular weight is 170 g/mol. The minimum Gasteiger partial charge on any atom is -0.462 e. The van der Waals surface area contributed by atoms with E-state index in [1.165, 1.54) is 0 Å². The molecule has 0 saturated carbocycles. The summed E-state index contributed by atoms with van der Waals surface area (Å²) in [7, 11) is 0. The molecule has 1 fully saturated rings. The van der Waals surface area contributed by atoms with Crippen molar-refractivity contribution in [2.45, 2.75) is 40.2 Å². The van der Waals surface area contributed by atoms with Gasteiger partial charge in [-0.15, -0.1) is 0 Å². The molecule has 0 spiro atoms. The molecule has 0 bridgehead atoms. The fourth-order valence-corrected chi connectivity index (χ4v) is 1.84. The maximum Gasteiger partial charge on any atom is 0.306 e. The van der Waals surface area contributed by atoms with Crippen molar-refractivity contribution in [1.29, 1.82) is 0 Å². The van der Waals surface area contributed by atoms with E-state index in [9.17, 15) is 4.79 Å². The molecular formula is C10H18O2. The van der Waals surface area contributed by atoms with Crippen molar-refractivity contribution in [3.8, 4) is 0 Å². The van der Waals surface area contributed by atoms with E-state index < -0.39 is 0 Å². The molecule has 2 nitrogen and oxygen atoms in total. The summed E-state index contributed by atoms with van der Waals surface area (Å²) in [5.41, 5.74) is 0. The summed E-state index contributed by atoms with van der Waals surface area (Å²) in [6, 6.07) is 0. The first-order valence-electron chi connectivity index (χ1n) is 4.72. The standard InChI is InChI=1S/C10H18O2/c1-6(2)8-5-9(11)12-10(8)7(3)4/h6-8,10H,5H2,1-4H3/t8-,10+/m1/s1. The lowest BCUT2D eigenvalue weighted by atomic mass is 9.84. The topological polar surface area (TPSA) is 26.3 Å². The van der Waals surface area contributed by atoms with Gasteiger partial charge in [-0.1, -0.05) is 27.7 Å². The Bertz CT molecular complexity index is 155. The molecule has 2 atom stereocenters. The van der Waals surface area contributed by atoms with Gasteiger partial charge in [-0.3, -0.25) is 4.79 Å². The molecule has 0 aromatic carbocycles. The van der Waals surface area contributed by atoms with Crippen LogP contribution in [0.5, 0.6) is 0 Å². The van der Waals surface area contributed by atoms with E-state index in [0.29, 0.717) is 24.2 Å². The lowest BCUT2D eigenvalue weighted by molar-refractivity contribution is -0.143. The third kappa shape index (κ3) is 1.79. The van der Waals surface area contributed by atoms with Crippen LogP contribution in [0.4, 0.5) is 0 Å². The number of cyclic esters (lactones) is 1. The fourth-order valence-electron chi connectivity index (χ4n) is 1.84. The minimum absolute atomic E-state index is 0.0209. The van der Waals surface area contributed by atoms with E-state index in [1.807, 2.05) is 0 Å². The van der Waals surface area contributed by atoms with E-state index in [1.54, 1.807) is 0 Å². The van der Waals surface area contributed by atoms with Crippen molar-refractivity contribution in [2.24, 2.45) is 17.8 Å². The SMILES string of the molecule is CC(C)[C@H]1CC(=O)O[C@H]1C(C)C. The Kier molecular flexibility index (Phi) is 2.76. The Morgan fingerprint density at radius 2 is 1.83 bits per heavy atom. The Labute approximate surface area is 74.3 Å². The third-order valence-corrected chi connectivity index (χ3v) is 2.61. The van der Waals surface area contributed by atoms with Gasteiger partial charge in [0.2, 0.25) is 0 Å². The minimum atomic E-state index is -0.0209. The van der Waals surface area contributed by atoms with E-state index in [0.717, 1.165) is 0 Å². The van der Waals surface area contributed by atoms with Gasteiger partial charge in [-0.05, 0) is 11.8 Å². The zero-order chi connectivity index (χ0) is 9.30. The Hall–Kier alpha value is -0.530. The third-order valence-electron chi connectivity index (χ3n) is 2.61. The monoisotopic (exact) mass is 170 g/mol. The predicted octanol–water partition coefficient (Wildman–Crippen LogP) is 2.23. The van der Waals surface area contributed by atoms with E-state index in [4.69, 9.17) is 4.74 Å². The summed E-state index contributed by atoms with van der Waals surface area (Å²) >= 11 is 0. The van der Waals surface area contributed by atoms with Gasteiger partial charge in [0.25, 0.3) is 0 Å². The second kappa shape index (κ2) is 3.46. The van der Waals surface area contributed by atoms with Crippen LogP contribution in [0, 0.1) is 17.8 Å². The number of rotatable bonds is 2.